The number of pyridine rings is 1. The predicted octanol–water partition coefficient (Wildman–Crippen LogP) is 4.86. The Bertz CT molecular complexity index is 1080. The SMILES string of the molecule is CC(Sc1nnc(-c2ccncc2)n1CC(F)(F)F)C(=O)N1CCC(Cc2ccccc2)CC1. The highest BCUT2D eigenvalue weighted by molar-refractivity contribution is 8.00. The first kappa shape index (κ1) is 24.3. The Morgan fingerprint density at radius 1 is 1.09 bits per heavy atom. The molecule has 1 amide bonds. The molecule has 10 heteroatoms. The normalized spacial score (nSPS) is 15.9. The van der Waals surface area contributed by atoms with Crippen LogP contribution in [0.5, 0.6) is 0 Å². The molecular weight excluding hydrogens is 463 g/mol. The third-order valence-corrected chi connectivity index (χ3v) is 6.98. The number of nitrogens with zero attached hydrogens (tertiary/aromatic N) is 5. The van der Waals surface area contributed by atoms with Gasteiger partial charge in [-0.15, -0.1) is 10.2 Å². The number of carbonyl (C=O) groups is 1. The molecule has 1 unspecified atom stereocenters. The zero-order chi connectivity index (χ0) is 24.1. The Balaban J connectivity index is 1.41. The molecule has 1 saturated heterocycles. The number of rotatable bonds is 7. The lowest BCUT2D eigenvalue weighted by atomic mass is 9.90. The molecule has 1 atom stereocenters. The molecule has 3 heterocycles. The second-order valence-electron chi connectivity index (χ2n) is 8.46. The monoisotopic (exact) mass is 489 g/mol. The molecule has 3 aromatic rings. The number of hydrogen-bond donors (Lipinski definition) is 0. The molecule has 180 valence electrons. The van der Waals surface area contributed by atoms with Gasteiger partial charge < -0.3 is 4.90 Å². The highest BCUT2D eigenvalue weighted by Gasteiger charge is 2.33. The van der Waals surface area contributed by atoms with E-state index in [4.69, 9.17) is 0 Å². The van der Waals surface area contributed by atoms with Gasteiger partial charge in [-0.1, -0.05) is 42.1 Å². The number of thioether (sulfide) groups is 1. The van der Waals surface area contributed by atoms with E-state index in [9.17, 15) is 18.0 Å². The van der Waals surface area contributed by atoms with Gasteiger partial charge in [-0.25, -0.2) is 0 Å². The minimum Gasteiger partial charge on any atom is -0.342 e. The summed E-state index contributed by atoms with van der Waals surface area (Å²) in [5, 5.41) is 7.47. The van der Waals surface area contributed by atoms with Crippen molar-refractivity contribution in [1.82, 2.24) is 24.6 Å². The number of benzene rings is 1. The molecule has 1 aliphatic rings. The van der Waals surface area contributed by atoms with Crippen LogP contribution < -0.4 is 0 Å². The summed E-state index contributed by atoms with van der Waals surface area (Å²) in [4.78, 5) is 18.8. The number of piperidine rings is 1. The fourth-order valence-electron chi connectivity index (χ4n) is 4.18. The fourth-order valence-corrected chi connectivity index (χ4v) is 5.12. The van der Waals surface area contributed by atoms with Gasteiger partial charge in [0.15, 0.2) is 11.0 Å². The van der Waals surface area contributed by atoms with Crippen molar-refractivity contribution in [3.63, 3.8) is 0 Å². The second-order valence-corrected chi connectivity index (χ2v) is 9.77. The quantitative estimate of drug-likeness (QED) is 0.444. The Morgan fingerprint density at radius 2 is 1.76 bits per heavy atom. The average Bonchev–Trinajstić information content (AvgIpc) is 3.20. The van der Waals surface area contributed by atoms with Gasteiger partial charge in [-0.05, 0) is 49.8 Å². The summed E-state index contributed by atoms with van der Waals surface area (Å²) in [6, 6.07) is 13.5. The molecule has 6 nitrogen and oxygen atoms in total. The number of aromatic nitrogens is 4. The average molecular weight is 490 g/mol. The highest BCUT2D eigenvalue weighted by atomic mass is 32.2. The molecule has 0 spiro atoms. The second kappa shape index (κ2) is 10.6. The first-order valence-corrected chi connectivity index (χ1v) is 12.1. The van der Waals surface area contributed by atoms with Crippen molar-refractivity contribution in [2.24, 2.45) is 5.92 Å². The van der Waals surface area contributed by atoms with E-state index < -0.39 is 18.0 Å². The Labute approximate surface area is 200 Å². The van der Waals surface area contributed by atoms with Crippen LogP contribution in [-0.2, 0) is 17.8 Å². The van der Waals surface area contributed by atoms with Crippen LogP contribution >= 0.6 is 11.8 Å². The number of halogens is 3. The standard InChI is InChI=1S/C24H26F3N5OS/c1-17(22(33)31-13-9-19(10-14-31)15-18-5-3-2-4-6-18)34-23-30-29-21(20-7-11-28-12-8-20)32(23)16-24(25,26)27/h2-8,11-12,17,19H,9-10,13-16H2,1H3. The van der Waals surface area contributed by atoms with E-state index in [1.165, 1.54) is 18.0 Å². The third kappa shape index (κ3) is 6.16. The van der Waals surface area contributed by atoms with Gasteiger partial charge in [-0.2, -0.15) is 13.2 Å². The molecule has 4 rings (SSSR count). The van der Waals surface area contributed by atoms with Gasteiger partial charge in [0.1, 0.15) is 6.54 Å². The van der Waals surface area contributed by atoms with E-state index in [2.05, 4.69) is 27.3 Å². The zero-order valence-electron chi connectivity index (χ0n) is 18.8. The van der Waals surface area contributed by atoms with Gasteiger partial charge in [0.2, 0.25) is 5.91 Å². The van der Waals surface area contributed by atoms with E-state index in [1.54, 1.807) is 19.1 Å². The lowest BCUT2D eigenvalue weighted by molar-refractivity contribution is -0.141. The van der Waals surface area contributed by atoms with Crippen molar-refractivity contribution in [2.75, 3.05) is 13.1 Å². The first-order chi connectivity index (χ1) is 16.3. The summed E-state index contributed by atoms with van der Waals surface area (Å²) >= 11 is 1.01. The Morgan fingerprint density at radius 3 is 2.41 bits per heavy atom. The summed E-state index contributed by atoms with van der Waals surface area (Å²) < 4.78 is 40.9. The first-order valence-electron chi connectivity index (χ1n) is 11.2. The number of carbonyl (C=O) groups excluding carboxylic acids is 1. The molecule has 0 saturated carbocycles. The summed E-state index contributed by atoms with van der Waals surface area (Å²) in [6.07, 6.45) is 1.34. The van der Waals surface area contributed by atoms with Crippen molar-refractivity contribution in [3.8, 4) is 11.4 Å². The number of amides is 1. The van der Waals surface area contributed by atoms with Crippen molar-refractivity contribution in [3.05, 3.63) is 60.4 Å². The number of likely N-dealkylation sites (tertiary alicyclic amines) is 1. The molecule has 0 N–H and O–H groups in total. The van der Waals surface area contributed by atoms with Crippen LogP contribution in [0.4, 0.5) is 13.2 Å². The van der Waals surface area contributed by atoms with Gasteiger partial charge in [0.05, 0.1) is 5.25 Å². The Hall–Kier alpha value is -2.88. The summed E-state index contributed by atoms with van der Waals surface area (Å²) in [7, 11) is 0. The van der Waals surface area contributed by atoms with Crippen molar-refractivity contribution in [2.45, 2.75) is 49.3 Å². The van der Waals surface area contributed by atoms with Gasteiger partial charge in [0.25, 0.3) is 0 Å². The van der Waals surface area contributed by atoms with Crippen LogP contribution in [0.3, 0.4) is 0 Å². The fraction of sp³-hybridized carbons (Fsp3) is 0.417. The van der Waals surface area contributed by atoms with Crippen LogP contribution in [0.25, 0.3) is 11.4 Å². The largest absolute Gasteiger partial charge is 0.406 e. The lowest BCUT2D eigenvalue weighted by Crippen LogP contribution is -2.42. The minimum absolute atomic E-state index is 0.0731. The Kier molecular flexibility index (Phi) is 7.55. The third-order valence-electron chi connectivity index (χ3n) is 5.92. The van der Waals surface area contributed by atoms with E-state index in [-0.39, 0.29) is 16.9 Å². The molecule has 2 aromatic heterocycles. The minimum atomic E-state index is -4.45. The van der Waals surface area contributed by atoms with E-state index in [1.807, 2.05) is 23.1 Å². The van der Waals surface area contributed by atoms with E-state index in [0.29, 0.717) is 24.6 Å². The number of alkyl halides is 3. The van der Waals surface area contributed by atoms with Crippen molar-refractivity contribution in [1.29, 1.82) is 0 Å². The van der Waals surface area contributed by atoms with E-state index >= 15 is 0 Å². The molecule has 0 aliphatic carbocycles. The summed E-state index contributed by atoms with van der Waals surface area (Å²) in [5.41, 5.74) is 1.78. The zero-order valence-corrected chi connectivity index (χ0v) is 19.6. The molecule has 1 fully saturated rings. The summed E-state index contributed by atoms with van der Waals surface area (Å²) in [5.74, 6) is 0.533. The van der Waals surface area contributed by atoms with Crippen LogP contribution in [0.2, 0.25) is 0 Å². The van der Waals surface area contributed by atoms with Crippen LogP contribution in [-0.4, -0.2) is 55.1 Å². The molecule has 1 aromatic carbocycles. The maximum absolute atomic E-state index is 13.3. The topological polar surface area (TPSA) is 63.9 Å². The van der Waals surface area contributed by atoms with Gasteiger partial charge in [-0.3, -0.25) is 14.3 Å². The lowest BCUT2D eigenvalue weighted by Gasteiger charge is -2.33. The van der Waals surface area contributed by atoms with E-state index in [0.717, 1.165) is 35.6 Å². The molecule has 1 aliphatic heterocycles. The maximum atomic E-state index is 13.3. The van der Waals surface area contributed by atoms with Crippen molar-refractivity contribution < 1.29 is 18.0 Å². The number of hydrogen-bond acceptors (Lipinski definition) is 5. The van der Waals surface area contributed by atoms with Crippen LogP contribution in [0.1, 0.15) is 25.3 Å². The molecule has 34 heavy (non-hydrogen) atoms. The maximum Gasteiger partial charge on any atom is 0.406 e. The highest BCUT2D eigenvalue weighted by Crippen LogP contribution is 2.31. The van der Waals surface area contributed by atoms with Crippen LogP contribution in [0, 0.1) is 5.92 Å². The smallest absolute Gasteiger partial charge is 0.342 e. The summed E-state index contributed by atoms with van der Waals surface area (Å²) in [6.45, 7) is 1.78. The van der Waals surface area contributed by atoms with Crippen LogP contribution in [0.15, 0.2) is 60.0 Å². The van der Waals surface area contributed by atoms with Gasteiger partial charge >= 0.3 is 6.18 Å². The molecule has 0 bridgehead atoms. The van der Waals surface area contributed by atoms with Crippen molar-refractivity contribution >= 4 is 17.7 Å². The van der Waals surface area contributed by atoms with Gasteiger partial charge in [0, 0.05) is 31.0 Å². The molecule has 0 radical (unpaired) electrons. The molecular formula is C24H26F3N5OS. The predicted molar refractivity (Wildman–Crippen MR) is 124 cm³/mol.